The fraction of sp³-hybridized carbons (Fsp3) is 0.533. The van der Waals surface area contributed by atoms with E-state index in [1.54, 1.807) is 25.2 Å². The van der Waals surface area contributed by atoms with E-state index in [0.29, 0.717) is 30.7 Å². The molecule has 0 aliphatic heterocycles. The molecule has 0 aliphatic rings. The number of guanidine groups is 1. The van der Waals surface area contributed by atoms with Gasteiger partial charge in [0.05, 0.1) is 4.92 Å². The minimum absolute atomic E-state index is 0.0819. The Morgan fingerprint density at radius 3 is 2.55 bits per heavy atom. The van der Waals surface area contributed by atoms with Crippen LogP contribution >= 0.6 is 0 Å². The van der Waals surface area contributed by atoms with E-state index in [-0.39, 0.29) is 10.6 Å². The quantitative estimate of drug-likeness (QED) is 0.236. The largest absolute Gasteiger partial charge is 0.378 e. The van der Waals surface area contributed by atoms with Crippen LogP contribution in [0, 0.1) is 16.0 Å². The van der Waals surface area contributed by atoms with Gasteiger partial charge in [-0.2, -0.15) is 0 Å². The smallest absolute Gasteiger partial charge is 0.292 e. The van der Waals surface area contributed by atoms with Crippen molar-refractivity contribution in [2.45, 2.75) is 26.8 Å². The predicted molar refractivity (Wildman–Crippen MR) is 90.4 cm³/mol. The summed E-state index contributed by atoms with van der Waals surface area (Å²) in [6, 6.07) is 6.93. The summed E-state index contributed by atoms with van der Waals surface area (Å²) in [5.74, 6) is 1.23. The molecule has 0 fully saturated rings. The third-order valence-corrected chi connectivity index (χ3v) is 3.42. The molecule has 1 unspecified atom stereocenters. The van der Waals surface area contributed by atoms with E-state index < -0.39 is 0 Å². The van der Waals surface area contributed by atoms with Gasteiger partial charge in [0.25, 0.3) is 5.69 Å². The molecule has 0 spiro atoms. The summed E-state index contributed by atoms with van der Waals surface area (Å²) >= 11 is 0. The van der Waals surface area contributed by atoms with Gasteiger partial charge in [-0.1, -0.05) is 26.0 Å². The number of nitro groups is 1. The molecule has 0 heterocycles. The van der Waals surface area contributed by atoms with Crippen molar-refractivity contribution in [1.29, 1.82) is 0 Å². The standard InChI is InChI=1S/C15H25N5O2/c1-11(2)12(3)19-15(16-4)18-10-9-17-13-7-5-6-8-14(13)20(21)22/h5-8,11-12,17H,9-10H2,1-4H3,(H2,16,18,19). The first-order valence-electron chi connectivity index (χ1n) is 7.40. The molecule has 0 aliphatic carbocycles. The van der Waals surface area contributed by atoms with Crippen molar-refractivity contribution in [3.8, 4) is 0 Å². The Morgan fingerprint density at radius 2 is 1.95 bits per heavy atom. The maximum atomic E-state index is 10.9. The molecule has 122 valence electrons. The van der Waals surface area contributed by atoms with Gasteiger partial charge in [0.2, 0.25) is 0 Å². The van der Waals surface area contributed by atoms with E-state index >= 15 is 0 Å². The number of hydrogen-bond acceptors (Lipinski definition) is 4. The molecule has 0 saturated heterocycles. The first-order chi connectivity index (χ1) is 10.5. The molecule has 7 nitrogen and oxygen atoms in total. The van der Waals surface area contributed by atoms with Gasteiger partial charge < -0.3 is 16.0 Å². The Morgan fingerprint density at radius 1 is 1.27 bits per heavy atom. The number of hydrogen-bond donors (Lipinski definition) is 3. The van der Waals surface area contributed by atoms with Crippen LogP contribution < -0.4 is 16.0 Å². The highest BCUT2D eigenvalue weighted by molar-refractivity contribution is 5.80. The fourth-order valence-electron chi connectivity index (χ4n) is 1.74. The minimum atomic E-state index is -0.388. The summed E-state index contributed by atoms with van der Waals surface area (Å²) in [5.41, 5.74) is 0.603. The van der Waals surface area contributed by atoms with Gasteiger partial charge in [0.1, 0.15) is 5.69 Å². The third-order valence-electron chi connectivity index (χ3n) is 3.42. The SMILES string of the molecule is CN=C(NCCNc1ccccc1[N+](=O)[O-])NC(C)C(C)C. The van der Waals surface area contributed by atoms with Gasteiger partial charge >= 0.3 is 0 Å². The second-order valence-electron chi connectivity index (χ2n) is 5.38. The Labute approximate surface area is 131 Å². The number of rotatable bonds is 7. The molecule has 1 aromatic carbocycles. The fourth-order valence-corrected chi connectivity index (χ4v) is 1.74. The van der Waals surface area contributed by atoms with Gasteiger partial charge in [0, 0.05) is 32.2 Å². The van der Waals surface area contributed by atoms with Crippen LogP contribution in [-0.2, 0) is 0 Å². The molecule has 0 bridgehead atoms. The molecule has 0 aromatic heterocycles. The van der Waals surface area contributed by atoms with Crippen LogP contribution in [0.5, 0.6) is 0 Å². The number of para-hydroxylation sites is 2. The third kappa shape index (κ3) is 5.59. The maximum absolute atomic E-state index is 10.9. The highest BCUT2D eigenvalue weighted by atomic mass is 16.6. The van der Waals surface area contributed by atoms with Crippen LogP contribution in [0.2, 0.25) is 0 Å². The molecule has 1 aromatic rings. The number of nitro benzene ring substituents is 1. The lowest BCUT2D eigenvalue weighted by Gasteiger charge is -2.20. The summed E-state index contributed by atoms with van der Waals surface area (Å²) in [6.45, 7) is 7.54. The van der Waals surface area contributed by atoms with Crippen LogP contribution in [-0.4, -0.2) is 37.1 Å². The second kappa shape index (κ2) is 8.86. The lowest BCUT2D eigenvalue weighted by atomic mass is 10.1. The first kappa shape index (κ1) is 17.7. The molecule has 0 amide bonds. The molecule has 0 saturated carbocycles. The van der Waals surface area contributed by atoms with Gasteiger partial charge in [0.15, 0.2) is 5.96 Å². The Balaban J connectivity index is 2.43. The highest BCUT2D eigenvalue weighted by Gasteiger charge is 2.11. The zero-order valence-electron chi connectivity index (χ0n) is 13.6. The van der Waals surface area contributed by atoms with Crippen molar-refractivity contribution in [3.05, 3.63) is 34.4 Å². The second-order valence-corrected chi connectivity index (χ2v) is 5.38. The number of anilines is 1. The van der Waals surface area contributed by atoms with Crippen molar-refractivity contribution in [2.75, 3.05) is 25.5 Å². The van der Waals surface area contributed by atoms with E-state index in [0.717, 1.165) is 5.96 Å². The van der Waals surface area contributed by atoms with Crippen molar-refractivity contribution < 1.29 is 4.92 Å². The van der Waals surface area contributed by atoms with Gasteiger partial charge in [-0.15, -0.1) is 0 Å². The number of nitrogens with zero attached hydrogens (tertiary/aromatic N) is 2. The molecule has 7 heteroatoms. The summed E-state index contributed by atoms with van der Waals surface area (Å²) < 4.78 is 0. The zero-order chi connectivity index (χ0) is 16.5. The zero-order valence-corrected chi connectivity index (χ0v) is 13.6. The van der Waals surface area contributed by atoms with Crippen molar-refractivity contribution in [2.24, 2.45) is 10.9 Å². The summed E-state index contributed by atoms with van der Waals surface area (Å²) in [7, 11) is 1.72. The Bertz CT molecular complexity index is 516. The van der Waals surface area contributed by atoms with E-state index in [4.69, 9.17) is 0 Å². The van der Waals surface area contributed by atoms with E-state index in [1.165, 1.54) is 6.07 Å². The molecule has 0 radical (unpaired) electrons. The van der Waals surface area contributed by atoms with E-state index in [1.807, 2.05) is 0 Å². The summed E-state index contributed by atoms with van der Waals surface area (Å²) in [6.07, 6.45) is 0. The van der Waals surface area contributed by atoms with Gasteiger partial charge in [-0.25, -0.2) is 0 Å². The maximum Gasteiger partial charge on any atom is 0.292 e. The monoisotopic (exact) mass is 307 g/mol. The number of nitrogens with one attached hydrogen (secondary N) is 3. The molecular weight excluding hydrogens is 282 g/mol. The lowest BCUT2D eigenvalue weighted by Crippen LogP contribution is -2.45. The van der Waals surface area contributed by atoms with Crippen LogP contribution in [0.4, 0.5) is 11.4 Å². The molecule has 1 atom stereocenters. The molecule has 1 rings (SSSR count). The van der Waals surface area contributed by atoms with Crippen LogP contribution in [0.3, 0.4) is 0 Å². The average Bonchev–Trinajstić information content (AvgIpc) is 2.50. The van der Waals surface area contributed by atoms with Crippen molar-refractivity contribution in [3.63, 3.8) is 0 Å². The van der Waals surface area contributed by atoms with Gasteiger partial charge in [-0.3, -0.25) is 15.1 Å². The number of benzene rings is 1. The summed E-state index contributed by atoms with van der Waals surface area (Å²) in [4.78, 5) is 14.7. The average molecular weight is 307 g/mol. The van der Waals surface area contributed by atoms with Crippen molar-refractivity contribution >= 4 is 17.3 Å². The molecule has 3 N–H and O–H groups in total. The predicted octanol–water partition coefficient (Wildman–Crippen LogP) is 2.22. The van der Waals surface area contributed by atoms with E-state index in [2.05, 4.69) is 41.7 Å². The lowest BCUT2D eigenvalue weighted by molar-refractivity contribution is -0.384. The van der Waals surface area contributed by atoms with E-state index in [9.17, 15) is 10.1 Å². The molecular formula is C15H25N5O2. The van der Waals surface area contributed by atoms with Crippen LogP contribution in [0.25, 0.3) is 0 Å². The highest BCUT2D eigenvalue weighted by Crippen LogP contribution is 2.22. The minimum Gasteiger partial charge on any atom is -0.378 e. The van der Waals surface area contributed by atoms with Crippen LogP contribution in [0.15, 0.2) is 29.3 Å². The van der Waals surface area contributed by atoms with Crippen molar-refractivity contribution in [1.82, 2.24) is 10.6 Å². The van der Waals surface area contributed by atoms with Gasteiger partial charge in [-0.05, 0) is 18.9 Å². The Hall–Kier alpha value is -2.31. The molecule has 22 heavy (non-hydrogen) atoms. The summed E-state index contributed by atoms with van der Waals surface area (Å²) in [5, 5.41) is 20.5. The Kier molecular flexibility index (Phi) is 7.15. The number of aliphatic imine (C=N–C) groups is 1. The van der Waals surface area contributed by atoms with Crippen LogP contribution in [0.1, 0.15) is 20.8 Å². The normalized spacial score (nSPS) is 12.9. The topological polar surface area (TPSA) is 91.6 Å². The first-order valence-corrected chi connectivity index (χ1v) is 7.40.